The molecule has 0 spiro atoms. The summed E-state index contributed by atoms with van der Waals surface area (Å²) in [6.45, 7) is 5.57. The summed E-state index contributed by atoms with van der Waals surface area (Å²) in [5, 5.41) is 13.3. The number of hydrogen-bond donors (Lipinski definition) is 1. The van der Waals surface area contributed by atoms with Crippen molar-refractivity contribution in [3.8, 4) is 11.5 Å². The number of rotatable bonds is 4. The van der Waals surface area contributed by atoms with Gasteiger partial charge in [0.25, 0.3) is 0 Å². The highest BCUT2D eigenvalue weighted by Gasteiger charge is 2.22. The first kappa shape index (κ1) is 16.3. The minimum absolute atomic E-state index is 0.0697. The van der Waals surface area contributed by atoms with Gasteiger partial charge in [0.05, 0.1) is 12.1 Å². The average molecular weight is 346 g/mol. The Morgan fingerprint density at radius 1 is 1.38 bits per heavy atom. The second-order valence-electron chi connectivity index (χ2n) is 6.38. The number of nitrogens with zero attached hydrogens (tertiary/aromatic N) is 5. The van der Waals surface area contributed by atoms with Crippen LogP contribution in [0.3, 0.4) is 0 Å². The molecule has 3 aromatic rings. The van der Waals surface area contributed by atoms with Gasteiger partial charge in [-0.25, -0.2) is 4.98 Å². The summed E-state index contributed by atoms with van der Waals surface area (Å²) in [7, 11) is 1.82. The van der Waals surface area contributed by atoms with Crippen LogP contribution in [0.2, 0.25) is 0 Å². The monoisotopic (exact) mass is 346 g/mol. The molecular weight excluding hydrogens is 328 g/mol. The second kappa shape index (κ2) is 6.16. The van der Waals surface area contributed by atoms with Gasteiger partial charge in [-0.05, 0) is 6.07 Å². The zero-order chi connectivity index (χ0) is 17.3. The number of amides is 1. The van der Waals surface area contributed by atoms with Crippen LogP contribution in [0.5, 0.6) is 0 Å². The number of nitrogens with one attached hydrogen (secondary N) is 1. The van der Waals surface area contributed by atoms with E-state index in [0.717, 1.165) is 11.4 Å². The molecule has 0 fully saturated rings. The Hall–Kier alpha value is -2.55. The third-order valence-corrected chi connectivity index (χ3v) is 4.11. The zero-order valence-electron chi connectivity index (χ0n) is 13.9. The lowest BCUT2D eigenvalue weighted by Gasteiger charge is -2.15. The third-order valence-electron chi connectivity index (χ3n) is 3.30. The lowest BCUT2D eigenvalue weighted by Crippen LogP contribution is -2.27. The second-order valence-corrected chi connectivity index (χ2v) is 7.23. The van der Waals surface area contributed by atoms with Crippen LogP contribution < -0.4 is 5.32 Å². The van der Waals surface area contributed by atoms with Crippen molar-refractivity contribution >= 4 is 22.4 Å². The summed E-state index contributed by atoms with van der Waals surface area (Å²) >= 11 is 1.37. The molecule has 126 valence electrons. The molecule has 0 saturated carbocycles. The van der Waals surface area contributed by atoms with E-state index in [1.165, 1.54) is 11.3 Å². The Morgan fingerprint density at radius 3 is 2.83 bits per heavy atom. The molecule has 1 N–H and O–H groups in total. The van der Waals surface area contributed by atoms with Crippen molar-refractivity contribution < 1.29 is 9.32 Å². The van der Waals surface area contributed by atoms with Crippen molar-refractivity contribution in [3.05, 3.63) is 29.2 Å². The van der Waals surface area contributed by atoms with Gasteiger partial charge in [-0.3, -0.25) is 9.48 Å². The molecular formula is C15H18N6O2S. The summed E-state index contributed by atoms with van der Waals surface area (Å²) in [4.78, 5) is 20.7. The summed E-state index contributed by atoms with van der Waals surface area (Å²) in [5.41, 5.74) is 1.09. The van der Waals surface area contributed by atoms with Crippen LogP contribution >= 0.6 is 11.3 Å². The molecule has 0 radical (unpaired) electrons. The molecule has 0 bridgehead atoms. The Morgan fingerprint density at radius 2 is 2.17 bits per heavy atom. The topological polar surface area (TPSA) is 98.7 Å². The van der Waals surface area contributed by atoms with E-state index in [1.54, 1.807) is 10.9 Å². The molecule has 1 amide bonds. The first-order valence-electron chi connectivity index (χ1n) is 7.40. The van der Waals surface area contributed by atoms with Gasteiger partial charge < -0.3 is 9.84 Å². The number of anilines is 1. The van der Waals surface area contributed by atoms with E-state index in [9.17, 15) is 4.79 Å². The maximum absolute atomic E-state index is 12.0. The van der Waals surface area contributed by atoms with Crippen LogP contribution in [-0.2, 0) is 18.3 Å². The molecule has 0 saturated heterocycles. The van der Waals surface area contributed by atoms with Crippen LogP contribution in [0.1, 0.15) is 32.4 Å². The Bertz CT molecular complexity index is 857. The molecule has 0 atom stereocenters. The van der Waals surface area contributed by atoms with Crippen molar-refractivity contribution in [2.24, 2.45) is 12.5 Å². The fourth-order valence-electron chi connectivity index (χ4n) is 1.91. The number of carbonyl (C=O) groups excluding carboxylic acids is 1. The van der Waals surface area contributed by atoms with E-state index in [1.807, 2.05) is 39.3 Å². The predicted octanol–water partition coefficient (Wildman–Crippen LogP) is 2.50. The highest BCUT2D eigenvalue weighted by atomic mass is 32.1. The SMILES string of the molecule is Cn1nccc1-c1noc(Cc2csc(NC(=O)C(C)(C)C)n2)n1. The van der Waals surface area contributed by atoms with Crippen LogP contribution in [0, 0.1) is 5.41 Å². The highest BCUT2D eigenvalue weighted by Crippen LogP contribution is 2.22. The number of thiazole rings is 1. The molecule has 0 unspecified atom stereocenters. The number of aryl methyl sites for hydroxylation is 1. The van der Waals surface area contributed by atoms with Crippen LogP contribution in [0.4, 0.5) is 5.13 Å². The van der Waals surface area contributed by atoms with Crippen molar-refractivity contribution in [1.29, 1.82) is 0 Å². The summed E-state index contributed by atoms with van der Waals surface area (Å²) < 4.78 is 6.95. The van der Waals surface area contributed by atoms with Gasteiger partial charge in [-0.1, -0.05) is 25.9 Å². The fraction of sp³-hybridized carbons (Fsp3) is 0.400. The molecule has 0 aliphatic rings. The molecule has 0 aromatic carbocycles. The molecule has 3 heterocycles. The number of hydrogen-bond acceptors (Lipinski definition) is 7. The Balaban J connectivity index is 1.68. The van der Waals surface area contributed by atoms with E-state index < -0.39 is 5.41 Å². The first-order chi connectivity index (χ1) is 11.3. The van der Waals surface area contributed by atoms with E-state index in [-0.39, 0.29) is 5.91 Å². The maximum Gasteiger partial charge on any atom is 0.233 e. The summed E-state index contributed by atoms with van der Waals surface area (Å²) in [5.74, 6) is 0.881. The van der Waals surface area contributed by atoms with E-state index in [4.69, 9.17) is 4.52 Å². The number of aromatic nitrogens is 5. The normalized spacial score (nSPS) is 11.7. The molecule has 0 aliphatic carbocycles. The van der Waals surface area contributed by atoms with Crippen molar-refractivity contribution in [2.45, 2.75) is 27.2 Å². The lowest BCUT2D eigenvalue weighted by atomic mass is 9.96. The maximum atomic E-state index is 12.0. The summed E-state index contributed by atoms with van der Waals surface area (Å²) in [6.07, 6.45) is 2.09. The van der Waals surface area contributed by atoms with Crippen LogP contribution in [0.15, 0.2) is 22.2 Å². The van der Waals surface area contributed by atoms with Gasteiger partial charge >= 0.3 is 0 Å². The molecule has 3 rings (SSSR count). The van der Waals surface area contributed by atoms with Gasteiger partial charge in [0, 0.05) is 24.0 Å². The van der Waals surface area contributed by atoms with E-state index in [2.05, 4.69) is 25.5 Å². The van der Waals surface area contributed by atoms with Gasteiger partial charge in [0.15, 0.2) is 5.13 Å². The number of carbonyl (C=O) groups is 1. The van der Waals surface area contributed by atoms with Gasteiger partial charge in [0.2, 0.25) is 17.6 Å². The van der Waals surface area contributed by atoms with Crippen LogP contribution in [-0.4, -0.2) is 30.8 Å². The van der Waals surface area contributed by atoms with Crippen molar-refractivity contribution in [3.63, 3.8) is 0 Å². The Kier molecular flexibility index (Phi) is 4.18. The van der Waals surface area contributed by atoms with Gasteiger partial charge in [0.1, 0.15) is 5.69 Å². The Labute approximate surface area is 142 Å². The largest absolute Gasteiger partial charge is 0.338 e. The first-order valence-corrected chi connectivity index (χ1v) is 8.28. The molecule has 24 heavy (non-hydrogen) atoms. The minimum Gasteiger partial charge on any atom is -0.338 e. The van der Waals surface area contributed by atoms with Crippen molar-refractivity contribution in [2.75, 3.05) is 5.32 Å². The molecule has 3 aromatic heterocycles. The zero-order valence-corrected chi connectivity index (χ0v) is 14.7. The summed E-state index contributed by atoms with van der Waals surface area (Å²) in [6, 6.07) is 1.82. The molecule has 8 nitrogen and oxygen atoms in total. The third kappa shape index (κ3) is 3.51. The standard InChI is InChI=1S/C15H18N6O2S/c1-15(2,3)13(22)19-14-17-9(8-24-14)7-11-18-12(20-23-11)10-5-6-16-21(10)4/h5-6,8H,7H2,1-4H3,(H,17,19,22). The average Bonchev–Trinajstić information content (AvgIpc) is 3.20. The van der Waals surface area contributed by atoms with Crippen molar-refractivity contribution in [1.82, 2.24) is 24.9 Å². The minimum atomic E-state index is -0.462. The fourth-order valence-corrected chi connectivity index (χ4v) is 2.61. The van der Waals surface area contributed by atoms with Gasteiger partial charge in [-0.15, -0.1) is 11.3 Å². The van der Waals surface area contributed by atoms with Gasteiger partial charge in [-0.2, -0.15) is 10.1 Å². The van der Waals surface area contributed by atoms with Crippen LogP contribution in [0.25, 0.3) is 11.5 Å². The quantitative estimate of drug-likeness (QED) is 0.779. The predicted molar refractivity (Wildman–Crippen MR) is 89.5 cm³/mol. The molecule has 0 aliphatic heterocycles. The van der Waals surface area contributed by atoms with E-state index >= 15 is 0 Å². The highest BCUT2D eigenvalue weighted by molar-refractivity contribution is 7.13. The molecule has 9 heteroatoms. The smallest absolute Gasteiger partial charge is 0.233 e. The van der Waals surface area contributed by atoms with E-state index in [0.29, 0.717) is 23.3 Å². The lowest BCUT2D eigenvalue weighted by molar-refractivity contribution is -0.123.